The minimum atomic E-state index is -0.588. The predicted octanol–water partition coefficient (Wildman–Crippen LogP) is 4.91. The van der Waals surface area contributed by atoms with Crippen LogP contribution in [-0.2, 0) is 14.3 Å². The highest BCUT2D eigenvalue weighted by Gasteiger charge is 2.51. The van der Waals surface area contributed by atoms with Crippen LogP contribution in [0.5, 0.6) is 0 Å². The number of hydrogen-bond acceptors (Lipinski definition) is 6. The monoisotopic (exact) mass is 401 g/mol. The number of allylic oxidation sites excluding steroid dienone is 4. The van der Waals surface area contributed by atoms with Crippen LogP contribution in [0.1, 0.15) is 57.8 Å². The Morgan fingerprint density at radius 2 is 1.82 bits per heavy atom. The van der Waals surface area contributed by atoms with Gasteiger partial charge in [-0.2, -0.15) is 0 Å². The van der Waals surface area contributed by atoms with Gasteiger partial charge in [0.25, 0.3) is 0 Å². The van der Waals surface area contributed by atoms with E-state index in [9.17, 15) is 19.7 Å². The van der Waals surface area contributed by atoms with E-state index in [1.54, 1.807) is 6.07 Å². The fourth-order valence-electron chi connectivity index (χ4n) is 4.63. The van der Waals surface area contributed by atoms with Gasteiger partial charge in [0.05, 0.1) is 10.8 Å². The first kappa shape index (κ1) is 19.1. The van der Waals surface area contributed by atoms with Crippen molar-refractivity contribution in [1.29, 1.82) is 0 Å². The van der Waals surface area contributed by atoms with Gasteiger partial charge in [0, 0.05) is 41.7 Å². The molecule has 148 valence electrons. The average molecular weight is 401 g/mol. The summed E-state index contributed by atoms with van der Waals surface area (Å²) in [4.78, 5) is 37.6. The molecule has 1 aromatic heterocycles. The number of fused-ring (bicyclic) bond motifs is 1. The molecule has 0 bridgehead atoms. The Labute approximate surface area is 167 Å². The number of Topliss-reactive ketones (excluding diaryl/α,β-unsaturated/α-hetero) is 2. The van der Waals surface area contributed by atoms with E-state index in [0.29, 0.717) is 41.2 Å². The predicted molar refractivity (Wildman–Crippen MR) is 105 cm³/mol. The Balaban J connectivity index is 1.91. The highest BCUT2D eigenvalue weighted by atomic mass is 32.1. The van der Waals surface area contributed by atoms with E-state index in [4.69, 9.17) is 4.74 Å². The molecule has 3 aliphatic rings. The van der Waals surface area contributed by atoms with Gasteiger partial charge in [-0.25, -0.2) is 0 Å². The Hall–Kier alpha value is -2.28. The van der Waals surface area contributed by atoms with Crippen LogP contribution in [0.3, 0.4) is 0 Å². The molecule has 28 heavy (non-hydrogen) atoms. The van der Waals surface area contributed by atoms with E-state index in [-0.39, 0.29) is 27.4 Å². The number of nitro groups is 1. The number of nitrogens with zero attached hydrogens (tertiary/aromatic N) is 1. The van der Waals surface area contributed by atoms with E-state index < -0.39 is 16.8 Å². The highest BCUT2D eigenvalue weighted by Crippen LogP contribution is 2.54. The summed E-state index contributed by atoms with van der Waals surface area (Å²) < 4.78 is 6.18. The SMILES string of the molecule is CC1(C)C=C2OC3=C(C(=O)CC(C)(C)C3)C(c3ccc([N+](=O)[O-])s3)C2C(=O)C1. The minimum absolute atomic E-state index is 0.0151. The molecule has 0 fully saturated rings. The number of thiophene rings is 1. The fraction of sp³-hybridized carbons (Fsp3) is 0.524. The molecule has 0 aromatic carbocycles. The number of ether oxygens (including phenoxy) is 1. The number of rotatable bonds is 2. The third-order valence-electron chi connectivity index (χ3n) is 5.68. The van der Waals surface area contributed by atoms with Crippen LogP contribution in [0.25, 0.3) is 0 Å². The molecule has 1 aliphatic heterocycles. The largest absolute Gasteiger partial charge is 0.465 e. The van der Waals surface area contributed by atoms with Gasteiger partial charge in [-0.1, -0.05) is 39.0 Å². The lowest BCUT2D eigenvalue weighted by Gasteiger charge is -2.44. The van der Waals surface area contributed by atoms with Gasteiger partial charge in [-0.15, -0.1) is 0 Å². The molecule has 0 saturated heterocycles. The standard InChI is InChI=1S/C21H23NO5S/c1-20(2)7-11(23)17-13(9-20)27-14-10-21(3,4)8-12(24)18(14)19(17)15-5-6-16(28-15)22(25)26/h5-6,9,17,19H,7-8,10H2,1-4H3. The Morgan fingerprint density at radius 1 is 1.11 bits per heavy atom. The molecule has 6 nitrogen and oxygen atoms in total. The van der Waals surface area contributed by atoms with Gasteiger partial charge in [0.1, 0.15) is 17.3 Å². The summed E-state index contributed by atoms with van der Waals surface area (Å²) in [6.45, 7) is 8.03. The third kappa shape index (κ3) is 3.11. The van der Waals surface area contributed by atoms with Gasteiger partial charge in [-0.05, 0) is 23.0 Å². The summed E-state index contributed by atoms with van der Waals surface area (Å²) in [6, 6.07) is 3.13. The molecule has 4 rings (SSSR count). The van der Waals surface area contributed by atoms with Gasteiger partial charge >= 0.3 is 5.00 Å². The maximum Gasteiger partial charge on any atom is 0.324 e. The number of hydrogen-bond donors (Lipinski definition) is 0. The third-order valence-corrected chi connectivity index (χ3v) is 6.80. The maximum atomic E-state index is 13.1. The van der Waals surface area contributed by atoms with Crippen molar-refractivity contribution in [3.63, 3.8) is 0 Å². The van der Waals surface area contributed by atoms with Crippen molar-refractivity contribution in [2.45, 2.75) is 52.9 Å². The van der Waals surface area contributed by atoms with Crippen molar-refractivity contribution in [2.75, 3.05) is 0 Å². The zero-order valence-corrected chi connectivity index (χ0v) is 17.2. The van der Waals surface area contributed by atoms with Gasteiger partial charge < -0.3 is 4.74 Å². The van der Waals surface area contributed by atoms with Crippen molar-refractivity contribution in [3.8, 4) is 0 Å². The van der Waals surface area contributed by atoms with Crippen molar-refractivity contribution in [1.82, 2.24) is 0 Å². The lowest BCUT2D eigenvalue weighted by atomic mass is 9.65. The normalized spacial score (nSPS) is 28.2. The summed E-state index contributed by atoms with van der Waals surface area (Å²) in [7, 11) is 0. The molecule has 1 aromatic rings. The van der Waals surface area contributed by atoms with Gasteiger partial charge in [0.2, 0.25) is 0 Å². The van der Waals surface area contributed by atoms with E-state index in [1.165, 1.54) is 6.07 Å². The molecule has 7 heteroatoms. The summed E-state index contributed by atoms with van der Waals surface area (Å²) in [5.41, 5.74) is -0.00344. The first-order valence-corrected chi connectivity index (χ1v) is 10.2. The van der Waals surface area contributed by atoms with Crippen molar-refractivity contribution in [3.05, 3.63) is 50.3 Å². The molecular weight excluding hydrogens is 378 g/mol. The van der Waals surface area contributed by atoms with Crippen LogP contribution >= 0.6 is 11.3 Å². The fourth-order valence-corrected chi connectivity index (χ4v) is 5.59. The van der Waals surface area contributed by atoms with Crippen LogP contribution in [0, 0.1) is 26.9 Å². The van der Waals surface area contributed by atoms with E-state index in [1.807, 2.05) is 33.8 Å². The minimum Gasteiger partial charge on any atom is -0.465 e. The van der Waals surface area contributed by atoms with Crippen LogP contribution in [-0.4, -0.2) is 16.5 Å². The molecule has 2 heterocycles. The number of carbonyl (C=O) groups excluding carboxylic acids is 2. The van der Waals surface area contributed by atoms with Crippen molar-refractivity contribution >= 4 is 27.9 Å². The molecule has 2 unspecified atom stereocenters. The Bertz CT molecular complexity index is 965. The second-order valence-electron chi connectivity index (χ2n) is 9.45. The zero-order chi connectivity index (χ0) is 20.4. The molecule has 2 atom stereocenters. The second-order valence-corrected chi connectivity index (χ2v) is 10.5. The first-order valence-electron chi connectivity index (χ1n) is 9.41. The first-order chi connectivity index (χ1) is 13.0. The van der Waals surface area contributed by atoms with Crippen molar-refractivity contribution in [2.24, 2.45) is 16.7 Å². The molecule has 0 N–H and O–H groups in total. The summed E-state index contributed by atoms with van der Waals surface area (Å²) in [5.74, 6) is 0.120. The molecule has 2 aliphatic carbocycles. The summed E-state index contributed by atoms with van der Waals surface area (Å²) >= 11 is 1.04. The van der Waals surface area contributed by atoms with Gasteiger partial charge in [0.15, 0.2) is 5.78 Å². The van der Waals surface area contributed by atoms with E-state index in [2.05, 4.69) is 0 Å². The summed E-state index contributed by atoms with van der Waals surface area (Å²) in [6.07, 6.45) is 3.34. The van der Waals surface area contributed by atoms with Crippen LogP contribution in [0.4, 0.5) is 5.00 Å². The van der Waals surface area contributed by atoms with Crippen LogP contribution in [0.15, 0.2) is 35.3 Å². The summed E-state index contributed by atoms with van der Waals surface area (Å²) in [5, 5.41) is 11.2. The molecule has 0 saturated carbocycles. The zero-order valence-electron chi connectivity index (χ0n) is 16.4. The Morgan fingerprint density at radius 3 is 2.46 bits per heavy atom. The van der Waals surface area contributed by atoms with Gasteiger partial charge in [-0.3, -0.25) is 19.7 Å². The molecule has 0 radical (unpaired) electrons. The van der Waals surface area contributed by atoms with E-state index in [0.717, 1.165) is 11.3 Å². The average Bonchev–Trinajstić information content (AvgIpc) is 3.00. The lowest BCUT2D eigenvalue weighted by molar-refractivity contribution is -0.380. The topological polar surface area (TPSA) is 86.5 Å². The number of ketones is 2. The quantitative estimate of drug-likeness (QED) is 0.519. The number of carbonyl (C=O) groups is 2. The molecule has 0 spiro atoms. The van der Waals surface area contributed by atoms with E-state index >= 15 is 0 Å². The molecular formula is C21H23NO5S. The second kappa shape index (κ2) is 6.11. The van der Waals surface area contributed by atoms with Crippen molar-refractivity contribution < 1.29 is 19.2 Å². The Kier molecular flexibility index (Phi) is 4.16. The maximum absolute atomic E-state index is 13.1. The highest BCUT2D eigenvalue weighted by molar-refractivity contribution is 7.15. The van der Waals surface area contributed by atoms with Crippen LogP contribution < -0.4 is 0 Å². The van der Waals surface area contributed by atoms with Crippen LogP contribution in [0.2, 0.25) is 0 Å². The lowest BCUT2D eigenvalue weighted by Crippen LogP contribution is -2.41. The smallest absolute Gasteiger partial charge is 0.324 e. The molecule has 0 amide bonds.